The Morgan fingerprint density at radius 3 is 2.89 bits per heavy atom. The summed E-state index contributed by atoms with van der Waals surface area (Å²) in [5, 5.41) is 3.10. The van der Waals surface area contributed by atoms with E-state index in [4.69, 9.17) is 10.5 Å². The first kappa shape index (κ1) is 13.6. The lowest BCUT2D eigenvalue weighted by Gasteiger charge is -2.25. The van der Waals surface area contributed by atoms with Crippen molar-refractivity contribution >= 4 is 5.96 Å². The highest BCUT2D eigenvalue weighted by molar-refractivity contribution is 5.77. The van der Waals surface area contributed by atoms with Gasteiger partial charge in [0.2, 0.25) is 0 Å². The van der Waals surface area contributed by atoms with Gasteiger partial charge in [0.15, 0.2) is 17.5 Å². The molecular formula is C14H20FN3O. The lowest BCUT2D eigenvalue weighted by Crippen LogP contribution is -2.37. The molecule has 1 aliphatic rings. The summed E-state index contributed by atoms with van der Waals surface area (Å²) in [7, 11) is 1.44. The summed E-state index contributed by atoms with van der Waals surface area (Å²) in [6.07, 6.45) is 3.85. The minimum Gasteiger partial charge on any atom is -0.494 e. The Balaban J connectivity index is 1.84. The van der Waals surface area contributed by atoms with Gasteiger partial charge in [-0.15, -0.1) is 0 Å². The second kappa shape index (κ2) is 6.41. The second-order valence-corrected chi connectivity index (χ2v) is 4.85. The lowest BCUT2D eigenvalue weighted by molar-refractivity contribution is 0.315. The number of hydrogen-bond donors (Lipinski definition) is 2. The van der Waals surface area contributed by atoms with Gasteiger partial charge in [-0.1, -0.05) is 12.5 Å². The summed E-state index contributed by atoms with van der Waals surface area (Å²) in [6.45, 7) is 1.25. The lowest BCUT2D eigenvalue weighted by atomic mass is 9.85. The molecule has 2 rings (SSSR count). The Morgan fingerprint density at radius 2 is 2.32 bits per heavy atom. The molecule has 104 valence electrons. The molecule has 1 aliphatic carbocycles. The molecule has 19 heavy (non-hydrogen) atoms. The van der Waals surface area contributed by atoms with Crippen molar-refractivity contribution in [2.45, 2.75) is 25.8 Å². The van der Waals surface area contributed by atoms with Gasteiger partial charge in [0.25, 0.3) is 0 Å². The van der Waals surface area contributed by atoms with E-state index in [1.54, 1.807) is 12.1 Å². The van der Waals surface area contributed by atoms with Gasteiger partial charge in [-0.3, -0.25) is 0 Å². The highest BCUT2D eigenvalue weighted by Gasteiger charge is 2.16. The fraction of sp³-hybridized carbons (Fsp3) is 0.500. The van der Waals surface area contributed by atoms with Crippen LogP contribution in [0.2, 0.25) is 0 Å². The fourth-order valence-electron chi connectivity index (χ4n) is 1.99. The quantitative estimate of drug-likeness (QED) is 0.632. The Bertz CT molecular complexity index is 458. The van der Waals surface area contributed by atoms with Gasteiger partial charge in [0, 0.05) is 6.54 Å². The molecule has 0 unspecified atom stereocenters. The van der Waals surface area contributed by atoms with E-state index in [-0.39, 0.29) is 11.6 Å². The predicted octanol–water partition coefficient (Wildman–Crippen LogP) is 2.04. The summed E-state index contributed by atoms with van der Waals surface area (Å²) in [4.78, 5) is 4.20. The van der Waals surface area contributed by atoms with Crippen molar-refractivity contribution in [3.63, 3.8) is 0 Å². The molecule has 0 spiro atoms. The minimum atomic E-state index is -0.379. The van der Waals surface area contributed by atoms with Crippen LogP contribution < -0.4 is 15.8 Å². The van der Waals surface area contributed by atoms with Crippen LogP contribution in [0.5, 0.6) is 5.75 Å². The van der Waals surface area contributed by atoms with Crippen LogP contribution in [0.4, 0.5) is 4.39 Å². The molecule has 3 N–H and O–H groups in total. The number of nitrogens with two attached hydrogens (primary N) is 1. The number of methoxy groups -OCH3 is 1. The van der Waals surface area contributed by atoms with E-state index in [1.807, 2.05) is 0 Å². The second-order valence-electron chi connectivity index (χ2n) is 4.85. The van der Waals surface area contributed by atoms with Crippen molar-refractivity contribution < 1.29 is 9.13 Å². The van der Waals surface area contributed by atoms with Crippen LogP contribution in [-0.4, -0.2) is 19.6 Å². The van der Waals surface area contributed by atoms with Crippen molar-refractivity contribution in [2.75, 3.05) is 13.7 Å². The average molecular weight is 265 g/mol. The number of ether oxygens (including phenoxy) is 1. The van der Waals surface area contributed by atoms with Crippen molar-refractivity contribution in [3.05, 3.63) is 29.6 Å². The van der Waals surface area contributed by atoms with Crippen LogP contribution in [0.1, 0.15) is 24.8 Å². The molecule has 4 nitrogen and oxygen atoms in total. The molecule has 0 aromatic heterocycles. The van der Waals surface area contributed by atoms with Crippen LogP contribution >= 0.6 is 0 Å². The van der Waals surface area contributed by atoms with Crippen LogP contribution in [0.3, 0.4) is 0 Å². The molecule has 0 heterocycles. The van der Waals surface area contributed by atoms with Crippen molar-refractivity contribution in [1.29, 1.82) is 0 Å². The molecule has 0 saturated heterocycles. The molecule has 0 atom stereocenters. The summed E-state index contributed by atoms with van der Waals surface area (Å²) in [5.41, 5.74) is 6.53. The Labute approximate surface area is 112 Å². The largest absolute Gasteiger partial charge is 0.494 e. The van der Waals surface area contributed by atoms with E-state index in [2.05, 4.69) is 10.3 Å². The summed E-state index contributed by atoms with van der Waals surface area (Å²) in [6, 6.07) is 4.80. The highest BCUT2D eigenvalue weighted by atomic mass is 19.1. The highest BCUT2D eigenvalue weighted by Crippen LogP contribution is 2.25. The monoisotopic (exact) mass is 265 g/mol. The third-order valence-electron chi connectivity index (χ3n) is 3.44. The fourth-order valence-corrected chi connectivity index (χ4v) is 1.99. The average Bonchev–Trinajstić information content (AvgIpc) is 2.34. The third kappa shape index (κ3) is 3.84. The smallest absolute Gasteiger partial charge is 0.188 e. The topological polar surface area (TPSA) is 59.6 Å². The first-order chi connectivity index (χ1) is 9.19. The summed E-state index contributed by atoms with van der Waals surface area (Å²) in [5.74, 6) is 1.01. The number of rotatable bonds is 5. The molecule has 0 radical (unpaired) electrons. The zero-order valence-corrected chi connectivity index (χ0v) is 11.2. The summed E-state index contributed by atoms with van der Waals surface area (Å²) >= 11 is 0. The number of halogens is 1. The number of nitrogens with one attached hydrogen (secondary N) is 1. The van der Waals surface area contributed by atoms with Gasteiger partial charge in [-0.25, -0.2) is 9.38 Å². The van der Waals surface area contributed by atoms with E-state index >= 15 is 0 Å². The number of benzene rings is 1. The van der Waals surface area contributed by atoms with Crippen LogP contribution in [0, 0.1) is 11.7 Å². The third-order valence-corrected chi connectivity index (χ3v) is 3.44. The van der Waals surface area contributed by atoms with E-state index in [0.29, 0.717) is 12.5 Å². The molecule has 1 fully saturated rings. The maximum atomic E-state index is 13.5. The maximum absolute atomic E-state index is 13.5. The normalized spacial score (nSPS) is 16.0. The van der Waals surface area contributed by atoms with E-state index in [9.17, 15) is 4.39 Å². The van der Waals surface area contributed by atoms with Gasteiger partial charge in [-0.05, 0) is 36.5 Å². The molecule has 0 amide bonds. The Morgan fingerprint density at radius 1 is 1.53 bits per heavy atom. The van der Waals surface area contributed by atoms with Crippen molar-refractivity contribution in [2.24, 2.45) is 16.6 Å². The number of hydrogen-bond acceptors (Lipinski definition) is 2. The standard InChI is InChI=1S/C14H20FN3O/c1-19-13-6-5-11(7-12(13)15)9-18-14(16)17-8-10-3-2-4-10/h5-7,10H,2-4,8-9H2,1H3,(H3,16,17,18). The van der Waals surface area contributed by atoms with Crippen LogP contribution in [-0.2, 0) is 6.54 Å². The molecule has 0 aliphatic heterocycles. The Kier molecular flexibility index (Phi) is 4.60. The van der Waals surface area contributed by atoms with Crippen molar-refractivity contribution in [3.8, 4) is 5.75 Å². The predicted molar refractivity (Wildman–Crippen MR) is 73.6 cm³/mol. The zero-order valence-electron chi connectivity index (χ0n) is 11.2. The minimum absolute atomic E-state index is 0.240. The number of aliphatic imine (C=N–C) groups is 1. The molecule has 1 saturated carbocycles. The maximum Gasteiger partial charge on any atom is 0.188 e. The van der Waals surface area contributed by atoms with E-state index in [0.717, 1.165) is 18.0 Å². The molecule has 0 bridgehead atoms. The Hall–Kier alpha value is -1.78. The van der Waals surface area contributed by atoms with Gasteiger partial charge in [0.1, 0.15) is 0 Å². The van der Waals surface area contributed by atoms with Crippen LogP contribution in [0.25, 0.3) is 0 Å². The van der Waals surface area contributed by atoms with Gasteiger partial charge in [-0.2, -0.15) is 0 Å². The number of nitrogens with zero attached hydrogens (tertiary/aromatic N) is 1. The molecule has 5 heteroatoms. The summed E-state index contributed by atoms with van der Waals surface area (Å²) < 4.78 is 18.3. The first-order valence-electron chi connectivity index (χ1n) is 6.55. The van der Waals surface area contributed by atoms with Gasteiger partial charge < -0.3 is 15.8 Å². The molecule has 1 aromatic rings. The van der Waals surface area contributed by atoms with E-state index in [1.165, 1.54) is 32.4 Å². The SMILES string of the molecule is COc1ccc(CN=C(N)NCC2CCC2)cc1F. The molecule has 1 aromatic carbocycles. The van der Waals surface area contributed by atoms with Gasteiger partial charge >= 0.3 is 0 Å². The van der Waals surface area contributed by atoms with Gasteiger partial charge in [0.05, 0.1) is 13.7 Å². The number of guanidine groups is 1. The van der Waals surface area contributed by atoms with Crippen molar-refractivity contribution in [1.82, 2.24) is 5.32 Å². The van der Waals surface area contributed by atoms with Crippen LogP contribution in [0.15, 0.2) is 23.2 Å². The van der Waals surface area contributed by atoms with E-state index < -0.39 is 0 Å². The molecular weight excluding hydrogens is 245 g/mol. The first-order valence-corrected chi connectivity index (χ1v) is 6.55. The zero-order chi connectivity index (χ0) is 13.7.